The Morgan fingerprint density at radius 2 is 1.69 bits per heavy atom. The minimum atomic E-state index is 0.302. The molecule has 0 spiro atoms. The number of rotatable bonds is 5. The summed E-state index contributed by atoms with van der Waals surface area (Å²) >= 11 is 0. The molecule has 1 fully saturated rings. The summed E-state index contributed by atoms with van der Waals surface area (Å²) in [5.41, 5.74) is 6.26. The molecule has 1 aliphatic rings. The SMILES string of the molecule is CCC(CC)(CN)CN1CC(C)OC(C)C1. The van der Waals surface area contributed by atoms with Gasteiger partial charge in [-0.3, -0.25) is 4.90 Å². The fourth-order valence-electron chi connectivity index (χ4n) is 2.71. The molecular formula is C13H28N2O. The van der Waals surface area contributed by atoms with Gasteiger partial charge in [0.2, 0.25) is 0 Å². The molecule has 1 heterocycles. The summed E-state index contributed by atoms with van der Waals surface area (Å²) < 4.78 is 5.76. The molecule has 3 nitrogen and oxygen atoms in total. The second-order valence-corrected chi connectivity index (χ2v) is 5.36. The maximum Gasteiger partial charge on any atom is 0.0678 e. The van der Waals surface area contributed by atoms with Crippen molar-refractivity contribution >= 4 is 0 Å². The molecule has 0 radical (unpaired) electrons. The zero-order chi connectivity index (χ0) is 12.2. The molecule has 96 valence electrons. The van der Waals surface area contributed by atoms with Crippen LogP contribution in [0.4, 0.5) is 0 Å². The Hall–Kier alpha value is -0.120. The molecule has 0 saturated carbocycles. The Bertz CT molecular complexity index is 186. The second kappa shape index (κ2) is 5.99. The summed E-state index contributed by atoms with van der Waals surface area (Å²) in [6.45, 7) is 12.8. The van der Waals surface area contributed by atoms with E-state index in [1.807, 2.05) is 0 Å². The standard InChI is InChI=1S/C13H28N2O/c1-5-13(6-2,9-14)10-15-7-11(3)16-12(4)8-15/h11-12H,5-10,14H2,1-4H3. The smallest absolute Gasteiger partial charge is 0.0678 e. The van der Waals surface area contributed by atoms with Crippen molar-refractivity contribution in [3.05, 3.63) is 0 Å². The first-order valence-corrected chi connectivity index (χ1v) is 6.63. The van der Waals surface area contributed by atoms with Crippen LogP contribution in [0.15, 0.2) is 0 Å². The van der Waals surface area contributed by atoms with Gasteiger partial charge in [-0.25, -0.2) is 0 Å². The number of morpholine rings is 1. The molecule has 0 amide bonds. The van der Waals surface area contributed by atoms with Gasteiger partial charge >= 0.3 is 0 Å². The van der Waals surface area contributed by atoms with Crippen molar-refractivity contribution in [1.82, 2.24) is 4.90 Å². The number of hydrogen-bond donors (Lipinski definition) is 1. The molecule has 0 aliphatic carbocycles. The number of nitrogens with two attached hydrogens (primary N) is 1. The molecule has 2 N–H and O–H groups in total. The Kier molecular flexibility index (Phi) is 5.22. The highest BCUT2D eigenvalue weighted by Crippen LogP contribution is 2.27. The molecule has 2 atom stereocenters. The average molecular weight is 228 g/mol. The molecule has 1 aliphatic heterocycles. The van der Waals surface area contributed by atoms with E-state index >= 15 is 0 Å². The summed E-state index contributed by atoms with van der Waals surface area (Å²) in [5.74, 6) is 0. The van der Waals surface area contributed by atoms with E-state index in [0.29, 0.717) is 17.6 Å². The van der Waals surface area contributed by atoms with Crippen LogP contribution in [0.5, 0.6) is 0 Å². The molecule has 16 heavy (non-hydrogen) atoms. The largest absolute Gasteiger partial charge is 0.373 e. The summed E-state index contributed by atoms with van der Waals surface area (Å²) in [5, 5.41) is 0. The van der Waals surface area contributed by atoms with Crippen LogP contribution in [-0.2, 0) is 4.74 Å². The lowest BCUT2D eigenvalue weighted by Crippen LogP contribution is -2.51. The lowest BCUT2D eigenvalue weighted by Gasteiger charge is -2.41. The molecule has 1 saturated heterocycles. The van der Waals surface area contributed by atoms with Gasteiger partial charge in [-0.15, -0.1) is 0 Å². The minimum absolute atomic E-state index is 0.302. The van der Waals surface area contributed by atoms with Crippen molar-refractivity contribution < 1.29 is 4.74 Å². The highest BCUT2D eigenvalue weighted by atomic mass is 16.5. The quantitative estimate of drug-likeness (QED) is 0.780. The first-order valence-electron chi connectivity index (χ1n) is 6.63. The first-order chi connectivity index (χ1) is 7.55. The predicted molar refractivity (Wildman–Crippen MR) is 68.5 cm³/mol. The van der Waals surface area contributed by atoms with Crippen LogP contribution in [0.1, 0.15) is 40.5 Å². The van der Waals surface area contributed by atoms with Gasteiger partial charge in [-0.05, 0) is 38.6 Å². The van der Waals surface area contributed by atoms with Crippen molar-refractivity contribution in [3.63, 3.8) is 0 Å². The summed E-state index contributed by atoms with van der Waals surface area (Å²) in [4.78, 5) is 2.53. The van der Waals surface area contributed by atoms with Crippen molar-refractivity contribution in [2.45, 2.75) is 52.7 Å². The summed E-state index contributed by atoms with van der Waals surface area (Å²) in [6.07, 6.45) is 3.04. The van der Waals surface area contributed by atoms with Crippen LogP contribution in [-0.4, -0.2) is 43.3 Å². The Labute approximate surface area is 100 Å². The van der Waals surface area contributed by atoms with E-state index in [0.717, 1.165) is 26.2 Å². The third kappa shape index (κ3) is 3.44. The van der Waals surface area contributed by atoms with Crippen LogP contribution >= 0.6 is 0 Å². The lowest BCUT2D eigenvalue weighted by atomic mass is 9.81. The fraction of sp³-hybridized carbons (Fsp3) is 1.00. The number of hydrogen-bond acceptors (Lipinski definition) is 3. The lowest BCUT2D eigenvalue weighted by molar-refractivity contribution is -0.0778. The van der Waals surface area contributed by atoms with E-state index in [2.05, 4.69) is 32.6 Å². The Morgan fingerprint density at radius 1 is 1.19 bits per heavy atom. The topological polar surface area (TPSA) is 38.5 Å². The summed E-state index contributed by atoms with van der Waals surface area (Å²) in [7, 11) is 0. The number of ether oxygens (including phenoxy) is 1. The average Bonchev–Trinajstić information content (AvgIpc) is 2.25. The zero-order valence-electron chi connectivity index (χ0n) is 11.3. The molecule has 0 aromatic carbocycles. The van der Waals surface area contributed by atoms with E-state index < -0.39 is 0 Å². The first kappa shape index (κ1) is 13.9. The van der Waals surface area contributed by atoms with E-state index in [9.17, 15) is 0 Å². The van der Waals surface area contributed by atoms with E-state index in [1.165, 1.54) is 12.8 Å². The molecule has 1 rings (SSSR count). The van der Waals surface area contributed by atoms with Gasteiger partial charge < -0.3 is 10.5 Å². The van der Waals surface area contributed by atoms with Crippen molar-refractivity contribution in [3.8, 4) is 0 Å². The third-order valence-corrected chi connectivity index (χ3v) is 3.99. The van der Waals surface area contributed by atoms with Crippen LogP contribution in [0, 0.1) is 5.41 Å². The van der Waals surface area contributed by atoms with Gasteiger partial charge in [-0.1, -0.05) is 13.8 Å². The van der Waals surface area contributed by atoms with Crippen LogP contribution in [0.25, 0.3) is 0 Å². The van der Waals surface area contributed by atoms with Gasteiger partial charge in [0.1, 0.15) is 0 Å². The highest BCUT2D eigenvalue weighted by molar-refractivity contribution is 4.84. The van der Waals surface area contributed by atoms with E-state index in [1.54, 1.807) is 0 Å². The van der Waals surface area contributed by atoms with Gasteiger partial charge in [0.15, 0.2) is 0 Å². The van der Waals surface area contributed by atoms with Crippen LogP contribution in [0.3, 0.4) is 0 Å². The monoisotopic (exact) mass is 228 g/mol. The normalized spacial score (nSPS) is 28.3. The Morgan fingerprint density at radius 3 is 2.06 bits per heavy atom. The maximum absolute atomic E-state index is 5.96. The molecule has 0 aromatic heterocycles. The Balaban J connectivity index is 2.57. The van der Waals surface area contributed by atoms with Gasteiger partial charge in [0.25, 0.3) is 0 Å². The molecule has 0 bridgehead atoms. The zero-order valence-corrected chi connectivity index (χ0v) is 11.3. The van der Waals surface area contributed by atoms with E-state index in [4.69, 9.17) is 10.5 Å². The van der Waals surface area contributed by atoms with E-state index in [-0.39, 0.29) is 0 Å². The highest BCUT2D eigenvalue weighted by Gasteiger charge is 2.30. The molecule has 0 aromatic rings. The fourth-order valence-corrected chi connectivity index (χ4v) is 2.71. The molecule has 3 heteroatoms. The second-order valence-electron chi connectivity index (χ2n) is 5.36. The third-order valence-electron chi connectivity index (χ3n) is 3.99. The van der Waals surface area contributed by atoms with Gasteiger partial charge in [0.05, 0.1) is 12.2 Å². The van der Waals surface area contributed by atoms with Crippen molar-refractivity contribution in [2.75, 3.05) is 26.2 Å². The molecule has 2 unspecified atom stereocenters. The van der Waals surface area contributed by atoms with Crippen molar-refractivity contribution in [1.29, 1.82) is 0 Å². The van der Waals surface area contributed by atoms with Crippen LogP contribution in [0.2, 0.25) is 0 Å². The molecular weight excluding hydrogens is 200 g/mol. The number of nitrogens with zero attached hydrogens (tertiary/aromatic N) is 1. The van der Waals surface area contributed by atoms with Gasteiger partial charge in [-0.2, -0.15) is 0 Å². The predicted octanol–water partition coefficient (Wildman–Crippen LogP) is 1.86. The summed E-state index contributed by atoms with van der Waals surface area (Å²) in [6, 6.07) is 0. The minimum Gasteiger partial charge on any atom is -0.373 e. The maximum atomic E-state index is 5.96. The van der Waals surface area contributed by atoms with Crippen LogP contribution < -0.4 is 5.73 Å². The van der Waals surface area contributed by atoms with Crippen molar-refractivity contribution in [2.24, 2.45) is 11.1 Å². The van der Waals surface area contributed by atoms with Gasteiger partial charge in [0, 0.05) is 19.6 Å².